The first kappa shape index (κ1) is 29.3. The van der Waals surface area contributed by atoms with Gasteiger partial charge < -0.3 is 29.2 Å². The van der Waals surface area contributed by atoms with E-state index in [0.29, 0.717) is 25.5 Å². The summed E-state index contributed by atoms with van der Waals surface area (Å²) in [6.07, 6.45) is 1.58. The lowest BCUT2D eigenvalue weighted by atomic mass is 9.82. The molecule has 9 heteroatoms. The van der Waals surface area contributed by atoms with E-state index in [2.05, 4.69) is 29.6 Å². The third kappa shape index (κ3) is 7.01. The second kappa shape index (κ2) is 12.4. The molecule has 2 saturated heterocycles. The summed E-state index contributed by atoms with van der Waals surface area (Å²) >= 11 is 0. The molecule has 2 heterocycles. The third-order valence-electron chi connectivity index (χ3n) is 8.27. The Bertz CT molecular complexity index is 1200. The van der Waals surface area contributed by atoms with Crippen molar-refractivity contribution in [2.75, 3.05) is 19.8 Å². The van der Waals surface area contributed by atoms with E-state index in [1.165, 1.54) is 5.56 Å². The molecule has 5 rings (SSSR count). The zero-order chi connectivity index (χ0) is 29.0. The Labute approximate surface area is 241 Å². The predicted molar refractivity (Wildman–Crippen MR) is 151 cm³/mol. The average molecular weight is 569 g/mol. The van der Waals surface area contributed by atoms with Gasteiger partial charge in [0.25, 0.3) is 12.3 Å². The van der Waals surface area contributed by atoms with Crippen molar-refractivity contribution in [3.05, 3.63) is 65.7 Å². The molecule has 0 radical (unpaired) electrons. The van der Waals surface area contributed by atoms with E-state index in [9.17, 15) is 14.0 Å². The number of nitrogens with zero attached hydrogens (tertiary/aromatic N) is 1. The van der Waals surface area contributed by atoms with Gasteiger partial charge in [0.2, 0.25) is 0 Å². The van der Waals surface area contributed by atoms with Crippen molar-refractivity contribution in [1.29, 1.82) is 0 Å². The lowest BCUT2D eigenvalue weighted by Crippen LogP contribution is -2.66. The first-order valence-corrected chi connectivity index (χ1v) is 14.6. The fourth-order valence-corrected chi connectivity index (χ4v) is 6.13. The summed E-state index contributed by atoms with van der Waals surface area (Å²) < 4.78 is 37.3. The third-order valence-corrected chi connectivity index (χ3v) is 8.27. The molecule has 2 amide bonds. The summed E-state index contributed by atoms with van der Waals surface area (Å²) in [4.78, 5) is 26.9. The number of alkyl halides is 1. The lowest BCUT2D eigenvalue weighted by molar-refractivity contribution is -0.165. The molecule has 222 valence electrons. The molecular weight excluding hydrogens is 527 g/mol. The van der Waals surface area contributed by atoms with Gasteiger partial charge in [0.05, 0.1) is 30.9 Å². The van der Waals surface area contributed by atoms with Crippen LogP contribution in [0.2, 0.25) is 0 Å². The maximum absolute atomic E-state index is 13.9. The Kier molecular flexibility index (Phi) is 8.85. The van der Waals surface area contributed by atoms with Crippen LogP contribution in [-0.2, 0) is 25.6 Å². The summed E-state index contributed by atoms with van der Waals surface area (Å²) in [6.45, 7) is 6.49. The number of carbonyl (C=O) groups is 2. The number of hydrogen-bond acceptors (Lipinski definition) is 6. The van der Waals surface area contributed by atoms with Crippen LogP contribution in [0.4, 0.5) is 9.18 Å². The van der Waals surface area contributed by atoms with Gasteiger partial charge in [-0.1, -0.05) is 48.5 Å². The fourth-order valence-electron chi connectivity index (χ4n) is 6.13. The van der Waals surface area contributed by atoms with Gasteiger partial charge in [-0.15, -0.1) is 0 Å². The zero-order valence-electron chi connectivity index (χ0n) is 24.1. The van der Waals surface area contributed by atoms with Crippen molar-refractivity contribution in [2.24, 2.45) is 0 Å². The monoisotopic (exact) mass is 568 g/mol. The Hall–Kier alpha value is -3.17. The summed E-state index contributed by atoms with van der Waals surface area (Å²) in [6, 6.07) is 17.9. The summed E-state index contributed by atoms with van der Waals surface area (Å²) in [5, 5.41) is 2.80. The highest BCUT2D eigenvalue weighted by Crippen LogP contribution is 2.40. The highest BCUT2D eigenvalue weighted by molar-refractivity contribution is 5.81. The highest BCUT2D eigenvalue weighted by Gasteiger charge is 2.54. The minimum atomic E-state index is -2.01. The highest BCUT2D eigenvalue weighted by atomic mass is 19.1. The quantitative estimate of drug-likeness (QED) is 0.475. The molecule has 3 aliphatic rings. The first-order chi connectivity index (χ1) is 19.6. The smallest absolute Gasteiger partial charge is 0.410 e. The molecule has 1 spiro atoms. The van der Waals surface area contributed by atoms with E-state index in [1.807, 2.05) is 51.1 Å². The minimum Gasteiger partial charge on any atom is -0.489 e. The second-order valence-electron chi connectivity index (χ2n) is 12.3. The molecule has 8 nitrogen and oxygen atoms in total. The van der Waals surface area contributed by atoms with Crippen molar-refractivity contribution < 1.29 is 32.9 Å². The van der Waals surface area contributed by atoms with Gasteiger partial charge >= 0.3 is 6.09 Å². The van der Waals surface area contributed by atoms with Crippen molar-refractivity contribution in [3.8, 4) is 5.75 Å². The SMILES string of the molecule is CC(C)(C)OC(=O)N1CCC2(COC(F)C(=O)N2)C1CO[C@H]1CC[C@@H](c2ccccc2OCc2ccccc2)CC1. The van der Waals surface area contributed by atoms with Gasteiger partial charge in [-0.2, -0.15) is 0 Å². The Balaban J connectivity index is 1.20. The molecule has 1 aliphatic carbocycles. The van der Waals surface area contributed by atoms with Crippen LogP contribution < -0.4 is 10.1 Å². The van der Waals surface area contributed by atoms with Crippen LogP contribution in [-0.4, -0.2) is 66.3 Å². The van der Waals surface area contributed by atoms with E-state index in [-0.39, 0.29) is 19.3 Å². The molecule has 2 aromatic carbocycles. The molecule has 41 heavy (non-hydrogen) atoms. The van der Waals surface area contributed by atoms with Gasteiger partial charge in [0.15, 0.2) is 0 Å². The van der Waals surface area contributed by atoms with Crippen molar-refractivity contribution in [2.45, 2.75) is 95.0 Å². The predicted octanol–water partition coefficient (Wildman–Crippen LogP) is 5.50. The zero-order valence-corrected chi connectivity index (χ0v) is 24.1. The average Bonchev–Trinajstić information content (AvgIpc) is 3.30. The maximum atomic E-state index is 13.9. The number of amides is 2. The van der Waals surface area contributed by atoms with Gasteiger partial charge in [0, 0.05) is 6.54 Å². The molecule has 3 unspecified atom stereocenters. The Morgan fingerprint density at radius 1 is 1.07 bits per heavy atom. The van der Waals surface area contributed by atoms with Gasteiger partial charge in [-0.3, -0.25) is 4.79 Å². The molecule has 1 N–H and O–H groups in total. The fraction of sp³-hybridized carbons (Fsp3) is 0.562. The molecule has 0 aromatic heterocycles. The van der Waals surface area contributed by atoms with Crippen LogP contribution in [0.3, 0.4) is 0 Å². The lowest BCUT2D eigenvalue weighted by Gasteiger charge is -2.42. The van der Waals surface area contributed by atoms with E-state index >= 15 is 0 Å². The number of nitrogens with one attached hydrogen (secondary N) is 1. The number of rotatable bonds is 7. The molecular formula is C32H41FN2O6. The standard InChI is InChI=1S/C32H41FN2O6/c1-31(2,3)41-30(37)35-18-17-32(21-40-28(33)29(36)34-32)27(35)20-38-24-15-13-23(14-16-24)25-11-7-8-12-26(25)39-19-22-9-5-4-6-10-22/h4-12,23-24,27-28H,13-21H2,1-3H3,(H,34,36)/t23-,24+,27?,28?,32?. The number of halogens is 1. The second-order valence-corrected chi connectivity index (χ2v) is 12.3. The number of carbonyl (C=O) groups excluding carboxylic acids is 2. The number of ether oxygens (including phenoxy) is 4. The van der Waals surface area contributed by atoms with E-state index in [1.54, 1.807) is 4.90 Å². The van der Waals surface area contributed by atoms with Crippen LogP contribution in [0.5, 0.6) is 5.75 Å². The molecule has 0 bridgehead atoms. The van der Waals surface area contributed by atoms with Crippen LogP contribution >= 0.6 is 0 Å². The van der Waals surface area contributed by atoms with Crippen LogP contribution in [0, 0.1) is 0 Å². The Morgan fingerprint density at radius 3 is 2.49 bits per heavy atom. The van der Waals surface area contributed by atoms with Crippen LogP contribution in [0.25, 0.3) is 0 Å². The van der Waals surface area contributed by atoms with Crippen molar-refractivity contribution in [1.82, 2.24) is 10.2 Å². The van der Waals surface area contributed by atoms with Gasteiger partial charge in [0.1, 0.15) is 18.0 Å². The summed E-state index contributed by atoms with van der Waals surface area (Å²) in [5.41, 5.74) is 0.762. The maximum Gasteiger partial charge on any atom is 0.410 e. The normalized spacial score (nSPS) is 28.4. The first-order valence-electron chi connectivity index (χ1n) is 14.6. The number of morpholine rings is 1. The van der Waals surface area contributed by atoms with Crippen molar-refractivity contribution >= 4 is 12.0 Å². The summed E-state index contributed by atoms with van der Waals surface area (Å²) in [5.74, 6) is 0.465. The number of likely N-dealkylation sites (tertiary alicyclic amines) is 1. The van der Waals surface area contributed by atoms with E-state index in [4.69, 9.17) is 18.9 Å². The molecule has 3 atom stereocenters. The summed E-state index contributed by atoms with van der Waals surface area (Å²) in [7, 11) is 0. The molecule has 1 saturated carbocycles. The molecule has 3 fully saturated rings. The topological polar surface area (TPSA) is 86.3 Å². The minimum absolute atomic E-state index is 0.0101. The van der Waals surface area contributed by atoms with E-state index < -0.39 is 35.5 Å². The van der Waals surface area contributed by atoms with Crippen LogP contribution in [0.15, 0.2) is 54.6 Å². The van der Waals surface area contributed by atoms with Crippen molar-refractivity contribution in [3.63, 3.8) is 0 Å². The van der Waals surface area contributed by atoms with Crippen LogP contribution in [0.1, 0.15) is 69.9 Å². The molecule has 2 aliphatic heterocycles. The number of benzene rings is 2. The molecule has 2 aromatic rings. The largest absolute Gasteiger partial charge is 0.489 e. The van der Waals surface area contributed by atoms with Gasteiger partial charge in [-0.25, -0.2) is 9.18 Å². The van der Waals surface area contributed by atoms with Gasteiger partial charge in [-0.05, 0) is 76.0 Å². The number of hydrogen-bond donors (Lipinski definition) is 1. The number of para-hydroxylation sites is 1. The Morgan fingerprint density at radius 2 is 1.78 bits per heavy atom. The van der Waals surface area contributed by atoms with E-state index in [0.717, 1.165) is 37.0 Å².